The molecule has 0 aromatic heterocycles. The number of ether oxygens (including phenoxy) is 7. The van der Waals surface area contributed by atoms with Crippen molar-refractivity contribution in [2.45, 2.75) is 127 Å². The minimum atomic E-state index is -4.00. The summed E-state index contributed by atoms with van der Waals surface area (Å²) in [5.74, 6) is -11.9. The first-order valence-electron chi connectivity index (χ1n) is 26.8. The fourth-order valence-electron chi connectivity index (χ4n) is 10.3. The van der Waals surface area contributed by atoms with Gasteiger partial charge in [-0.15, -0.1) is 0 Å². The maximum absolute atomic E-state index is 14.3. The lowest BCUT2D eigenvalue weighted by Gasteiger charge is -2.30. The molecule has 462 valence electrons. The highest BCUT2D eigenvalue weighted by molar-refractivity contribution is 7.89. The Morgan fingerprint density at radius 2 is 0.952 bits per heavy atom. The number of esters is 2. The Morgan fingerprint density at radius 1 is 0.590 bits per heavy atom. The van der Waals surface area contributed by atoms with Gasteiger partial charge in [-0.2, -0.15) is 8.61 Å². The van der Waals surface area contributed by atoms with Gasteiger partial charge in [-0.1, -0.05) is 103 Å². The Hall–Kier alpha value is -5.28. The van der Waals surface area contributed by atoms with Gasteiger partial charge in [0, 0.05) is 43.7 Å². The Balaban J connectivity index is 0.000000297. The number of anilines is 1. The molecule has 0 radical (unpaired) electrons. The van der Waals surface area contributed by atoms with Crippen LogP contribution in [-0.2, 0) is 70.9 Å². The highest BCUT2D eigenvalue weighted by Gasteiger charge is 2.62. The maximum atomic E-state index is 14.3. The smallest absolute Gasteiger partial charge is 0.306 e. The van der Waals surface area contributed by atoms with Gasteiger partial charge >= 0.3 is 11.9 Å². The second-order valence-corrected chi connectivity index (χ2v) is 25.7. The van der Waals surface area contributed by atoms with E-state index >= 15 is 0 Å². The minimum Gasteiger partial charge on any atom is -0.497 e. The lowest BCUT2D eigenvalue weighted by atomic mass is 9.90. The highest BCUT2D eigenvalue weighted by Crippen LogP contribution is 2.45. The summed E-state index contributed by atoms with van der Waals surface area (Å²) in [6.07, 6.45) is -7.33. The molecule has 4 heterocycles. The molecule has 4 saturated heterocycles. The minimum absolute atomic E-state index is 0. The van der Waals surface area contributed by atoms with E-state index < -0.39 is 118 Å². The van der Waals surface area contributed by atoms with Gasteiger partial charge in [0.1, 0.15) is 43.0 Å². The molecular formula is C59H81F4N3O15S2. The second-order valence-electron chi connectivity index (χ2n) is 21.8. The molecule has 0 spiro atoms. The van der Waals surface area contributed by atoms with Crippen LogP contribution in [0, 0.1) is 35.5 Å². The quantitative estimate of drug-likeness (QED) is 0.0325. The van der Waals surface area contributed by atoms with Crippen molar-refractivity contribution in [1.82, 2.24) is 8.61 Å². The van der Waals surface area contributed by atoms with Crippen LogP contribution in [0.15, 0.2) is 119 Å². The molecule has 4 aliphatic heterocycles. The number of fused-ring (bicyclic) bond motifs is 2. The lowest BCUT2D eigenvalue weighted by molar-refractivity contribution is -0.160. The van der Waals surface area contributed by atoms with E-state index in [9.17, 15) is 54.2 Å². The van der Waals surface area contributed by atoms with Crippen molar-refractivity contribution in [3.63, 3.8) is 0 Å². The summed E-state index contributed by atoms with van der Waals surface area (Å²) in [5.41, 5.74) is 7.77. The maximum Gasteiger partial charge on any atom is 0.306 e. The summed E-state index contributed by atoms with van der Waals surface area (Å²) in [7, 11) is -6.52. The number of benzene rings is 4. The van der Waals surface area contributed by atoms with Gasteiger partial charge in [-0.25, -0.2) is 34.4 Å². The topological polar surface area (TPSA) is 240 Å². The van der Waals surface area contributed by atoms with Gasteiger partial charge in [0.2, 0.25) is 20.0 Å². The molecule has 83 heavy (non-hydrogen) atoms. The number of nitrogens with zero attached hydrogens (tertiary/aromatic N) is 2. The predicted octanol–water partition coefficient (Wildman–Crippen LogP) is 7.85. The zero-order valence-electron chi connectivity index (χ0n) is 45.8. The van der Waals surface area contributed by atoms with E-state index in [4.69, 9.17) is 38.9 Å². The summed E-state index contributed by atoms with van der Waals surface area (Å²) in [6, 6.07) is 30.0. The van der Waals surface area contributed by atoms with Crippen molar-refractivity contribution >= 4 is 37.7 Å². The number of alkyl halides is 4. The van der Waals surface area contributed by atoms with Crippen molar-refractivity contribution in [2.75, 3.05) is 65.5 Å². The van der Waals surface area contributed by atoms with E-state index in [1.807, 2.05) is 88.4 Å². The van der Waals surface area contributed by atoms with E-state index in [0.717, 1.165) is 11.1 Å². The molecule has 4 aliphatic rings. The normalized spacial score (nSPS) is 23.0. The van der Waals surface area contributed by atoms with Crippen LogP contribution < -0.4 is 10.5 Å². The Morgan fingerprint density at radius 3 is 1.30 bits per heavy atom. The van der Waals surface area contributed by atoms with Crippen LogP contribution in [0.4, 0.5) is 23.2 Å². The Labute approximate surface area is 485 Å². The lowest BCUT2D eigenvalue weighted by Crippen LogP contribution is -2.43. The van der Waals surface area contributed by atoms with E-state index in [1.54, 1.807) is 12.1 Å². The van der Waals surface area contributed by atoms with Crippen LogP contribution in [0.3, 0.4) is 0 Å². The first-order chi connectivity index (χ1) is 38.3. The molecule has 24 heteroatoms. The number of methoxy groups -OCH3 is 1. The zero-order chi connectivity index (χ0) is 58.9. The summed E-state index contributed by atoms with van der Waals surface area (Å²) >= 11 is 0. The SMILES string of the molecule is C.C.CC(C)CN(C[C@@H](O)[C@@H](CC(=O)OC1CO[C@H]2OCC(F)(F)[C@@H]12)Cc1ccccc1)S(=O)(=O)c1ccc(N)cc1.COc1ccc(S(=O)(=O)N(CC(C)C)C[C@@H](O)[C@@H](CC(=O)OC2CO[C@H]3OCC(F)(F)[C@@H]23)Cc2ccccc2)cc1. The number of hydrogen-bond acceptors (Lipinski definition) is 16. The van der Waals surface area contributed by atoms with Crippen LogP contribution in [0.1, 0.15) is 66.5 Å². The Bertz CT molecular complexity index is 2900. The number of halogens is 4. The first kappa shape index (κ1) is 68.5. The Kier molecular flexibility index (Phi) is 24.5. The summed E-state index contributed by atoms with van der Waals surface area (Å²) in [5, 5.41) is 22.7. The van der Waals surface area contributed by atoms with Gasteiger partial charge in [0.25, 0.3) is 11.8 Å². The van der Waals surface area contributed by atoms with Crippen molar-refractivity contribution in [3.8, 4) is 5.75 Å². The van der Waals surface area contributed by atoms with Crippen LogP contribution in [0.25, 0.3) is 0 Å². The summed E-state index contributed by atoms with van der Waals surface area (Å²) in [6.45, 7) is 5.10. The fraction of sp³-hybridized carbons (Fsp3) is 0.559. The number of hydrogen-bond donors (Lipinski definition) is 3. The van der Waals surface area contributed by atoms with E-state index in [0.29, 0.717) is 11.4 Å². The fourth-order valence-corrected chi connectivity index (χ4v) is 13.6. The molecule has 4 aromatic rings. The van der Waals surface area contributed by atoms with Gasteiger partial charge < -0.3 is 49.1 Å². The van der Waals surface area contributed by atoms with Crippen molar-refractivity contribution in [1.29, 1.82) is 0 Å². The average Bonchev–Trinajstić information content (AvgIpc) is 2.64. The monoisotopic (exact) mass is 1210 g/mol. The van der Waals surface area contributed by atoms with Crippen LogP contribution >= 0.6 is 0 Å². The molecule has 0 saturated carbocycles. The molecule has 0 amide bonds. The number of carbonyl (C=O) groups is 2. The number of nitrogens with two attached hydrogens (primary N) is 1. The van der Waals surface area contributed by atoms with Gasteiger partial charge in [-0.3, -0.25) is 9.59 Å². The molecule has 0 aliphatic carbocycles. The third-order valence-electron chi connectivity index (χ3n) is 14.4. The molecule has 8 rings (SSSR count). The van der Waals surface area contributed by atoms with Gasteiger partial charge in [0.15, 0.2) is 12.6 Å². The standard InChI is InChI=1S/C29H37F2NO8S.C28H36F2N2O7S.2CH4/c1-19(2)15-32(41(35,36)23-11-9-22(37-3)10-12-23)16-24(33)21(13-20-7-5-4-6-8-20)14-26(34)40-25-17-38-28-27(25)29(30,31)18-39-28;1-18(2)14-32(40(35,36)22-10-8-21(31)9-11-22)15-23(33)20(12-19-6-4-3-5-7-19)13-25(34)39-24-16-37-27-26(24)28(29,30)17-38-27;;/h4-12,19,21,24-25,27-28,33H,13-18H2,1-3H3;3-11,18,20,23-24,26-27,33H,12-17,31H2,1-2H3;2*1H4/t21-,24-,25?,27+,28+;20-,23-,24?,26+,27+;;/m11../s1. The first-order valence-corrected chi connectivity index (χ1v) is 29.7. The van der Waals surface area contributed by atoms with Crippen LogP contribution in [0.2, 0.25) is 0 Å². The molecule has 0 bridgehead atoms. The third-order valence-corrected chi connectivity index (χ3v) is 18.1. The predicted molar refractivity (Wildman–Crippen MR) is 301 cm³/mol. The zero-order valence-corrected chi connectivity index (χ0v) is 47.4. The van der Waals surface area contributed by atoms with Crippen LogP contribution in [-0.4, -0.2) is 156 Å². The van der Waals surface area contributed by atoms with E-state index in [2.05, 4.69) is 0 Å². The summed E-state index contributed by atoms with van der Waals surface area (Å²) < 4.78 is 150. The number of nitrogen functional groups attached to an aromatic ring is 1. The number of aliphatic hydroxyl groups is 2. The second kappa shape index (κ2) is 29.7. The van der Waals surface area contributed by atoms with Crippen molar-refractivity contribution in [3.05, 3.63) is 120 Å². The molecule has 10 atom stereocenters. The van der Waals surface area contributed by atoms with Crippen molar-refractivity contribution in [2.24, 2.45) is 35.5 Å². The average molecular weight is 1210 g/mol. The van der Waals surface area contributed by atoms with Gasteiger partial charge in [0.05, 0.1) is 55.2 Å². The largest absolute Gasteiger partial charge is 0.497 e. The third kappa shape index (κ3) is 17.9. The molecular weight excluding hydrogens is 1130 g/mol. The number of aliphatic hydroxyl groups excluding tert-OH is 2. The van der Waals surface area contributed by atoms with Crippen LogP contribution in [0.5, 0.6) is 5.75 Å². The molecule has 18 nitrogen and oxygen atoms in total. The highest BCUT2D eigenvalue weighted by atomic mass is 32.2. The van der Waals surface area contributed by atoms with Gasteiger partial charge in [-0.05, 0) is 84.3 Å². The number of carbonyl (C=O) groups excluding carboxylic acids is 2. The molecule has 2 unspecified atom stereocenters. The number of sulfonamides is 2. The van der Waals surface area contributed by atoms with Crippen molar-refractivity contribution < 1.29 is 87.4 Å². The summed E-state index contributed by atoms with van der Waals surface area (Å²) in [4.78, 5) is 26.1. The van der Waals surface area contributed by atoms with E-state index in [1.165, 1.54) is 52.1 Å². The molecule has 4 aromatic carbocycles. The molecule has 4 fully saturated rings. The molecule has 4 N–H and O–H groups in total. The number of rotatable bonds is 25. The van der Waals surface area contributed by atoms with E-state index in [-0.39, 0.29) is 102 Å².